The predicted molar refractivity (Wildman–Crippen MR) is 75.9 cm³/mol. The first-order chi connectivity index (χ1) is 8.72. The first-order valence-electron chi connectivity index (χ1n) is 5.86. The number of hydrogen-bond acceptors (Lipinski definition) is 2. The van der Waals surface area contributed by atoms with Crippen LogP contribution in [0.25, 0.3) is 0 Å². The van der Waals surface area contributed by atoms with E-state index < -0.39 is 0 Å². The first kappa shape index (κ1) is 13.5. The lowest BCUT2D eigenvalue weighted by molar-refractivity contribution is 0.544. The molecule has 1 aromatic heterocycles. The zero-order valence-electron chi connectivity index (χ0n) is 10.1. The third-order valence-electron chi connectivity index (χ3n) is 2.96. The van der Waals surface area contributed by atoms with Crippen LogP contribution in [0.5, 0.6) is 0 Å². The Bertz CT molecular complexity index is 499. The van der Waals surface area contributed by atoms with Gasteiger partial charge in [0.2, 0.25) is 0 Å². The number of hydrogen-bond donors (Lipinski definition) is 1. The van der Waals surface area contributed by atoms with Gasteiger partial charge in [-0.25, -0.2) is 4.39 Å². The largest absolute Gasteiger partial charge is 0.313 e. The molecular formula is C14H15ClFNS. The number of nitrogens with one attached hydrogen (secondary N) is 1. The average Bonchev–Trinajstić information content (AvgIpc) is 2.88. The van der Waals surface area contributed by atoms with E-state index in [0.717, 1.165) is 18.4 Å². The molecule has 0 aliphatic carbocycles. The molecule has 4 heteroatoms. The Morgan fingerprint density at radius 1 is 1.33 bits per heavy atom. The number of aryl methyl sites for hydroxylation is 1. The minimum atomic E-state index is -0.356. The number of thiophene rings is 1. The smallest absolute Gasteiger partial charge is 0.142 e. The van der Waals surface area contributed by atoms with Crippen LogP contribution in [0.1, 0.15) is 22.9 Å². The van der Waals surface area contributed by atoms with E-state index in [1.54, 1.807) is 17.4 Å². The van der Waals surface area contributed by atoms with Gasteiger partial charge in [-0.3, -0.25) is 0 Å². The molecule has 18 heavy (non-hydrogen) atoms. The summed E-state index contributed by atoms with van der Waals surface area (Å²) in [6.45, 7) is 0. The fourth-order valence-corrected chi connectivity index (χ4v) is 2.97. The van der Waals surface area contributed by atoms with Crippen LogP contribution in [0.3, 0.4) is 0 Å². The lowest BCUT2D eigenvalue weighted by atomic mass is 10.0. The van der Waals surface area contributed by atoms with E-state index in [2.05, 4.69) is 16.8 Å². The van der Waals surface area contributed by atoms with Crippen LogP contribution in [-0.2, 0) is 6.42 Å². The summed E-state index contributed by atoms with van der Waals surface area (Å²) in [5, 5.41) is 5.50. The Morgan fingerprint density at radius 3 is 2.83 bits per heavy atom. The van der Waals surface area contributed by atoms with Crippen LogP contribution in [0.4, 0.5) is 4.39 Å². The van der Waals surface area contributed by atoms with Crippen molar-refractivity contribution in [1.29, 1.82) is 0 Å². The maximum absolute atomic E-state index is 13.4. The molecule has 0 fully saturated rings. The molecule has 2 aromatic rings. The van der Waals surface area contributed by atoms with Crippen molar-refractivity contribution in [2.75, 3.05) is 7.05 Å². The van der Waals surface area contributed by atoms with Crippen molar-refractivity contribution in [1.82, 2.24) is 5.32 Å². The topological polar surface area (TPSA) is 12.0 Å². The van der Waals surface area contributed by atoms with Gasteiger partial charge in [-0.15, -0.1) is 11.3 Å². The monoisotopic (exact) mass is 283 g/mol. The Morgan fingerprint density at radius 2 is 2.17 bits per heavy atom. The third kappa shape index (κ3) is 3.10. The zero-order chi connectivity index (χ0) is 13.0. The van der Waals surface area contributed by atoms with Gasteiger partial charge in [0.05, 0.1) is 5.02 Å². The molecule has 0 saturated heterocycles. The predicted octanol–water partition coefficient (Wildman–Crippen LogP) is 4.43. The second-order valence-corrected chi connectivity index (χ2v) is 5.51. The molecule has 0 radical (unpaired) electrons. The molecule has 1 aromatic carbocycles. The summed E-state index contributed by atoms with van der Waals surface area (Å²) in [6, 6.07) is 9.20. The molecule has 96 valence electrons. The van der Waals surface area contributed by atoms with E-state index >= 15 is 0 Å². The van der Waals surface area contributed by atoms with Gasteiger partial charge >= 0.3 is 0 Å². The standard InChI is InChI=1S/C14H15ClFNS/c1-17-13(8-7-10-4-3-9-18-10)11-5-2-6-12(16)14(11)15/h2-6,9,13,17H,7-8H2,1H3. The van der Waals surface area contributed by atoms with E-state index in [1.165, 1.54) is 10.9 Å². The molecule has 0 saturated carbocycles. The molecular weight excluding hydrogens is 269 g/mol. The highest BCUT2D eigenvalue weighted by atomic mass is 35.5. The molecule has 1 unspecified atom stereocenters. The summed E-state index contributed by atoms with van der Waals surface area (Å²) in [5.74, 6) is -0.356. The number of benzene rings is 1. The van der Waals surface area contributed by atoms with Gasteiger partial charge in [0.25, 0.3) is 0 Å². The van der Waals surface area contributed by atoms with Gasteiger partial charge in [-0.2, -0.15) is 0 Å². The lowest BCUT2D eigenvalue weighted by Gasteiger charge is -2.17. The summed E-state index contributed by atoms with van der Waals surface area (Å²) in [4.78, 5) is 1.34. The number of rotatable bonds is 5. The molecule has 2 rings (SSSR count). The maximum atomic E-state index is 13.4. The second-order valence-electron chi connectivity index (χ2n) is 4.10. The molecule has 1 heterocycles. The minimum Gasteiger partial charge on any atom is -0.313 e. The molecule has 0 spiro atoms. The van der Waals surface area contributed by atoms with Crippen molar-refractivity contribution in [3.8, 4) is 0 Å². The van der Waals surface area contributed by atoms with Crippen molar-refractivity contribution < 1.29 is 4.39 Å². The molecule has 0 bridgehead atoms. The van der Waals surface area contributed by atoms with Gasteiger partial charge in [0.1, 0.15) is 5.82 Å². The SMILES string of the molecule is CNC(CCc1cccs1)c1cccc(F)c1Cl. The van der Waals surface area contributed by atoms with Gasteiger partial charge in [-0.05, 0) is 43.0 Å². The zero-order valence-corrected chi connectivity index (χ0v) is 11.7. The highest BCUT2D eigenvalue weighted by Crippen LogP contribution is 2.28. The van der Waals surface area contributed by atoms with Crippen molar-refractivity contribution in [2.24, 2.45) is 0 Å². The minimum absolute atomic E-state index is 0.0790. The van der Waals surface area contributed by atoms with E-state index in [4.69, 9.17) is 11.6 Å². The lowest BCUT2D eigenvalue weighted by Crippen LogP contribution is -2.17. The Balaban J connectivity index is 2.10. The van der Waals surface area contributed by atoms with Crippen molar-refractivity contribution in [3.63, 3.8) is 0 Å². The third-order valence-corrected chi connectivity index (χ3v) is 4.30. The molecule has 0 amide bonds. The van der Waals surface area contributed by atoms with E-state index in [0.29, 0.717) is 0 Å². The summed E-state index contributed by atoms with van der Waals surface area (Å²) >= 11 is 7.76. The van der Waals surface area contributed by atoms with Crippen LogP contribution >= 0.6 is 22.9 Å². The molecule has 0 aliphatic heterocycles. The van der Waals surface area contributed by atoms with Gasteiger partial charge < -0.3 is 5.32 Å². The quantitative estimate of drug-likeness (QED) is 0.856. The van der Waals surface area contributed by atoms with E-state index in [1.807, 2.05) is 19.2 Å². The van der Waals surface area contributed by atoms with Crippen LogP contribution in [0.2, 0.25) is 5.02 Å². The van der Waals surface area contributed by atoms with Crippen LogP contribution < -0.4 is 5.32 Å². The molecule has 0 aliphatic rings. The highest BCUT2D eigenvalue weighted by Gasteiger charge is 2.15. The van der Waals surface area contributed by atoms with E-state index in [-0.39, 0.29) is 16.9 Å². The normalized spacial score (nSPS) is 12.6. The van der Waals surface area contributed by atoms with Crippen LogP contribution in [-0.4, -0.2) is 7.05 Å². The Kier molecular flexibility index (Phi) is 4.75. The fraction of sp³-hybridized carbons (Fsp3) is 0.286. The fourth-order valence-electron chi connectivity index (χ4n) is 1.99. The maximum Gasteiger partial charge on any atom is 0.142 e. The summed E-state index contributed by atoms with van der Waals surface area (Å²) < 4.78 is 13.4. The van der Waals surface area contributed by atoms with E-state index in [9.17, 15) is 4.39 Å². The molecule has 1 nitrogen and oxygen atoms in total. The Labute approximate surface area is 116 Å². The molecule has 1 atom stereocenters. The average molecular weight is 284 g/mol. The van der Waals surface area contributed by atoms with Crippen LogP contribution in [0, 0.1) is 5.82 Å². The second kappa shape index (κ2) is 6.32. The van der Waals surface area contributed by atoms with Gasteiger partial charge in [0.15, 0.2) is 0 Å². The summed E-state index contributed by atoms with van der Waals surface area (Å²) in [6.07, 6.45) is 1.87. The van der Waals surface area contributed by atoms with Crippen molar-refractivity contribution in [2.45, 2.75) is 18.9 Å². The van der Waals surface area contributed by atoms with Crippen molar-refractivity contribution in [3.05, 3.63) is 57.0 Å². The molecule has 1 N–H and O–H groups in total. The van der Waals surface area contributed by atoms with Gasteiger partial charge in [-0.1, -0.05) is 29.8 Å². The Hall–Kier alpha value is -0.900. The summed E-state index contributed by atoms with van der Waals surface area (Å²) in [5.41, 5.74) is 0.829. The number of halogens is 2. The highest BCUT2D eigenvalue weighted by molar-refractivity contribution is 7.09. The van der Waals surface area contributed by atoms with Crippen LogP contribution in [0.15, 0.2) is 35.7 Å². The van der Waals surface area contributed by atoms with Gasteiger partial charge in [0, 0.05) is 10.9 Å². The first-order valence-corrected chi connectivity index (χ1v) is 7.11. The van der Waals surface area contributed by atoms with Crippen molar-refractivity contribution >= 4 is 22.9 Å². The summed E-state index contributed by atoms with van der Waals surface area (Å²) in [7, 11) is 1.88.